The number of para-hydroxylation sites is 1. The number of ketones is 1. The number of amides is 1. The number of thiazole rings is 1. The van der Waals surface area contributed by atoms with E-state index in [0.29, 0.717) is 32.8 Å². The minimum atomic E-state index is -1.01. The van der Waals surface area contributed by atoms with E-state index in [-0.39, 0.29) is 11.3 Å². The number of rotatable bonds is 5. The molecule has 1 N–H and O–H groups in total. The van der Waals surface area contributed by atoms with Crippen LogP contribution in [0.5, 0.6) is 11.5 Å². The van der Waals surface area contributed by atoms with E-state index in [2.05, 4.69) is 0 Å². The second kappa shape index (κ2) is 9.53. The van der Waals surface area contributed by atoms with Crippen molar-refractivity contribution in [3.8, 4) is 11.5 Å². The summed E-state index contributed by atoms with van der Waals surface area (Å²) in [6, 6.07) is 14.6. The van der Waals surface area contributed by atoms with E-state index >= 15 is 0 Å². The molecule has 5 rings (SSSR count). The molecule has 1 aliphatic heterocycles. The van der Waals surface area contributed by atoms with Crippen molar-refractivity contribution >= 4 is 55.7 Å². The third-order valence-corrected chi connectivity index (χ3v) is 7.57. The molecule has 0 saturated carbocycles. The van der Waals surface area contributed by atoms with Gasteiger partial charge in [0.25, 0.3) is 5.78 Å². The molecule has 188 valence electrons. The molecule has 0 bridgehead atoms. The number of Topliss-reactive ketones (excluding diaryl/α,β-unsaturated/α-hetero) is 1. The maximum absolute atomic E-state index is 13.6. The fraction of sp³-hybridized carbons (Fsp3) is 0.179. The smallest absolute Gasteiger partial charge is 0.301 e. The minimum absolute atomic E-state index is 0.0777. The lowest BCUT2D eigenvalue weighted by Crippen LogP contribution is -2.29. The largest absolute Gasteiger partial charge is 0.507 e. The van der Waals surface area contributed by atoms with E-state index in [1.165, 1.54) is 30.5 Å². The van der Waals surface area contributed by atoms with Crippen molar-refractivity contribution in [1.82, 2.24) is 4.98 Å². The number of halogens is 1. The van der Waals surface area contributed by atoms with E-state index in [1.807, 2.05) is 26.0 Å². The fourth-order valence-electron chi connectivity index (χ4n) is 4.68. The van der Waals surface area contributed by atoms with Gasteiger partial charge < -0.3 is 14.6 Å². The van der Waals surface area contributed by atoms with Gasteiger partial charge in [-0.05, 0) is 61.4 Å². The molecule has 0 spiro atoms. The molecular weight excluding hydrogens is 512 g/mol. The number of carbonyl (C=O) groups is 2. The van der Waals surface area contributed by atoms with Gasteiger partial charge in [-0.2, -0.15) is 0 Å². The van der Waals surface area contributed by atoms with E-state index in [1.54, 1.807) is 42.5 Å². The molecule has 7 nitrogen and oxygen atoms in total. The number of anilines is 1. The van der Waals surface area contributed by atoms with Crippen LogP contribution in [-0.2, 0) is 9.59 Å². The number of aryl methyl sites for hydroxylation is 2. The fourth-order valence-corrected chi connectivity index (χ4v) is 5.97. The van der Waals surface area contributed by atoms with Gasteiger partial charge in [0.05, 0.1) is 30.0 Å². The predicted molar refractivity (Wildman–Crippen MR) is 145 cm³/mol. The number of aliphatic hydroxyl groups excluding tert-OH is 1. The summed E-state index contributed by atoms with van der Waals surface area (Å²) in [7, 11) is 2.99. The first kappa shape index (κ1) is 24.8. The molecule has 37 heavy (non-hydrogen) atoms. The van der Waals surface area contributed by atoms with Gasteiger partial charge in [0.2, 0.25) is 0 Å². The average molecular weight is 535 g/mol. The van der Waals surface area contributed by atoms with Crippen LogP contribution >= 0.6 is 22.9 Å². The summed E-state index contributed by atoms with van der Waals surface area (Å²) >= 11 is 7.34. The van der Waals surface area contributed by atoms with E-state index < -0.39 is 17.7 Å². The van der Waals surface area contributed by atoms with Crippen LogP contribution in [0.25, 0.3) is 16.0 Å². The normalized spacial score (nSPS) is 17.0. The molecule has 9 heteroatoms. The summed E-state index contributed by atoms with van der Waals surface area (Å²) in [5.74, 6) is -1.17. The molecule has 2 heterocycles. The number of hydrogen-bond acceptors (Lipinski definition) is 7. The second-order valence-electron chi connectivity index (χ2n) is 8.68. The van der Waals surface area contributed by atoms with Gasteiger partial charge in [0, 0.05) is 16.1 Å². The molecule has 4 aromatic rings. The molecule has 3 aromatic carbocycles. The van der Waals surface area contributed by atoms with Crippen LogP contribution < -0.4 is 14.4 Å². The van der Waals surface area contributed by atoms with Crippen LogP contribution in [-0.4, -0.2) is 36.0 Å². The highest BCUT2D eigenvalue weighted by atomic mass is 35.5. The number of carbonyl (C=O) groups excluding carboxylic acids is 2. The van der Waals surface area contributed by atoms with Crippen LogP contribution in [0.1, 0.15) is 28.3 Å². The first-order chi connectivity index (χ1) is 17.7. The van der Waals surface area contributed by atoms with E-state index in [0.717, 1.165) is 21.3 Å². The summed E-state index contributed by atoms with van der Waals surface area (Å²) in [5.41, 5.74) is 3.53. The van der Waals surface area contributed by atoms with Crippen molar-refractivity contribution < 1.29 is 24.2 Å². The molecular formula is C28H23ClN2O5S. The van der Waals surface area contributed by atoms with Crippen LogP contribution in [0.2, 0.25) is 5.02 Å². The number of methoxy groups -OCH3 is 2. The number of aliphatic hydroxyl groups is 1. The highest BCUT2D eigenvalue weighted by Gasteiger charge is 2.49. The van der Waals surface area contributed by atoms with Crippen molar-refractivity contribution in [3.05, 3.63) is 87.4 Å². The molecule has 1 aromatic heterocycles. The van der Waals surface area contributed by atoms with Crippen LogP contribution in [0.3, 0.4) is 0 Å². The summed E-state index contributed by atoms with van der Waals surface area (Å²) in [5, 5.41) is 12.2. The molecule has 0 aliphatic carbocycles. The number of nitrogens with zero attached hydrogens (tertiary/aromatic N) is 2. The Balaban J connectivity index is 1.80. The number of fused-ring (bicyclic) bond motifs is 1. The maximum Gasteiger partial charge on any atom is 0.301 e. The first-order valence-corrected chi connectivity index (χ1v) is 12.6. The number of ether oxygens (including phenoxy) is 2. The van der Waals surface area contributed by atoms with Gasteiger partial charge in [0.15, 0.2) is 16.6 Å². The SMILES string of the molecule is COc1cccc([C@@H]2/C(=C(\O)c3ccc(Cl)cc3)C(=O)C(=O)N2c2nc3c(C)cc(C)cc3s2)c1OC. The standard InChI is InChI=1S/C28H23ClN2O5S/c1-14-12-15(2)22-20(13-14)37-28(30-22)31-23(18-6-5-7-19(35-3)26(18)36-4)21(25(33)27(31)34)24(32)16-8-10-17(29)11-9-16/h5-13,23,32H,1-4H3/b24-21+/t23-/m1/s1. The van der Waals surface area contributed by atoms with Crippen LogP contribution in [0.4, 0.5) is 5.13 Å². The Labute approximate surface area is 222 Å². The first-order valence-electron chi connectivity index (χ1n) is 11.4. The summed E-state index contributed by atoms with van der Waals surface area (Å²) in [6.07, 6.45) is 0. The Hall–Kier alpha value is -3.88. The zero-order valence-corrected chi connectivity index (χ0v) is 22.1. The number of benzene rings is 3. The zero-order valence-electron chi connectivity index (χ0n) is 20.5. The quantitative estimate of drug-likeness (QED) is 0.186. The topological polar surface area (TPSA) is 89.0 Å². The third kappa shape index (κ3) is 4.12. The van der Waals surface area contributed by atoms with Gasteiger partial charge in [-0.15, -0.1) is 0 Å². The zero-order chi connectivity index (χ0) is 26.4. The number of aromatic nitrogens is 1. The third-order valence-electron chi connectivity index (χ3n) is 6.31. The molecule has 0 unspecified atom stereocenters. The average Bonchev–Trinajstić information content (AvgIpc) is 3.42. The minimum Gasteiger partial charge on any atom is -0.507 e. The van der Waals surface area contributed by atoms with Crippen LogP contribution in [0, 0.1) is 13.8 Å². The summed E-state index contributed by atoms with van der Waals surface area (Å²) < 4.78 is 12.0. The molecule has 1 saturated heterocycles. The van der Waals surface area contributed by atoms with Crippen molar-refractivity contribution in [2.24, 2.45) is 0 Å². The monoisotopic (exact) mass is 534 g/mol. The van der Waals surface area contributed by atoms with E-state index in [9.17, 15) is 14.7 Å². The molecule has 0 radical (unpaired) electrons. The van der Waals surface area contributed by atoms with Gasteiger partial charge in [-0.1, -0.05) is 41.1 Å². The number of hydrogen-bond donors (Lipinski definition) is 1. The molecule has 1 aliphatic rings. The lowest BCUT2D eigenvalue weighted by Gasteiger charge is -2.25. The van der Waals surface area contributed by atoms with Crippen molar-refractivity contribution in [3.63, 3.8) is 0 Å². The van der Waals surface area contributed by atoms with E-state index in [4.69, 9.17) is 26.1 Å². The predicted octanol–water partition coefficient (Wildman–Crippen LogP) is 6.21. The summed E-state index contributed by atoms with van der Waals surface area (Å²) in [6.45, 7) is 3.95. The van der Waals surface area contributed by atoms with Gasteiger partial charge >= 0.3 is 5.91 Å². The lowest BCUT2D eigenvalue weighted by molar-refractivity contribution is -0.132. The van der Waals surface area contributed by atoms with Gasteiger partial charge in [-0.25, -0.2) is 4.98 Å². The van der Waals surface area contributed by atoms with Crippen molar-refractivity contribution in [2.45, 2.75) is 19.9 Å². The highest BCUT2D eigenvalue weighted by Crippen LogP contribution is 2.48. The highest BCUT2D eigenvalue weighted by molar-refractivity contribution is 7.22. The second-order valence-corrected chi connectivity index (χ2v) is 10.1. The Morgan fingerprint density at radius 2 is 1.78 bits per heavy atom. The molecule has 1 amide bonds. The summed E-state index contributed by atoms with van der Waals surface area (Å²) in [4.78, 5) is 33.2. The van der Waals surface area contributed by atoms with Crippen LogP contribution in [0.15, 0.2) is 60.2 Å². The molecule has 1 fully saturated rings. The molecule has 1 atom stereocenters. The Morgan fingerprint density at radius 1 is 1.05 bits per heavy atom. The van der Waals surface area contributed by atoms with Gasteiger partial charge in [-0.3, -0.25) is 14.5 Å². The van der Waals surface area contributed by atoms with Gasteiger partial charge in [0.1, 0.15) is 11.8 Å². The Kier molecular flexibility index (Phi) is 6.39. The van der Waals surface area contributed by atoms with Crippen molar-refractivity contribution in [1.29, 1.82) is 0 Å². The Bertz CT molecular complexity index is 1590. The van der Waals surface area contributed by atoms with Crippen molar-refractivity contribution in [2.75, 3.05) is 19.1 Å². The lowest BCUT2D eigenvalue weighted by atomic mass is 9.94. The maximum atomic E-state index is 13.6. The Morgan fingerprint density at radius 3 is 2.46 bits per heavy atom.